The molecule has 0 aliphatic carbocycles. The van der Waals surface area contributed by atoms with Gasteiger partial charge in [0.1, 0.15) is 0 Å². The number of esters is 1. The van der Waals surface area contributed by atoms with Crippen LogP contribution < -0.4 is 10.9 Å². The lowest BCUT2D eigenvalue weighted by Crippen LogP contribution is -2.32. The van der Waals surface area contributed by atoms with E-state index in [4.69, 9.17) is 4.74 Å². The first-order valence-corrected chi connectivity index (χ1v) is 10.6. The van der Waals surface area contributed by atoms with Crippen LogP contribution in [0.4, 0.5) is 0 Å². The van der Waals surface area contributed by atoms with Crippen molar-refractivity contribution in [1.29, 1.82) is 0 Å². The van der Waals surface area contributed by atoms with Gasteiger partial charge in [0.2, 0.25) is 0 Å². The van der Waals surface area contributed by atoms with E-state index < -0.39 is 18.5 Å². The molecule has 33 heavy (non-hydrogen) atoms. The summed E-state index contributed by atoms with van der Waals surface area (Å²) in [6.07, 6.45) is 0. The number of amides is 1. The van der Waals surface area contributed by atoms with Crippen LogP contribution in [-0.2, 0) is 9.53 Å². The van der Waals surface area contributed by atoms with E-state index in [2.05, 4.69) is 10.4 Å². The Balaban J connectivity index is 1.49. The van der Waals surface area contributed by atoms with Crippen LogP contribution in [0.5, 0.6) is 0 Å². The minimum atomic E-state index is -0.776. The Morgan fingerprint density at radius 2 is 1.52 bits per heavy atom. The lowest BCUT2D eigenvalue weighted by Gasteiger charge is -2.13. The number of carbonyl (C=O) groups is 2. The van der Waals surface area contributed by atoms with Crippen molar-refractivity contribution < 1.29 is 14.3 Å². The fraction of sp³-hybridized carbons (Fsp3) is 0.154. The Hall–Kier alpha value is -4.26. The minimum Gasteiger partial charge on any atom is -0.451 e. The Morgan fingerprint density at radius 3 is 2.21 bits per heavy atom. The maximum atomic E-state index is 12.9. The molecule has 3 aromatic carbocycles. The summed E-state index contributed by atoms with van der Waals surface area (Å²) in [4.78, 5) is 38.0. The fourth-order valence-corrected chi connectivity index (χ4v) is 3.50. The summed E-state index contributed by atoms with van der Waals surface area (Å²) >= 11 is 0. The molecule has 1 atom stereocenters. The quantitative estimate of drug-likeness (QED) is 0.444. The summed E-state index contributed by atoms with van der Waals surface area (Å²) in [6.45, 7) is 1.98. The lowest BCUT2D eigenvalue weighted by molar-refractivity contribution is -0.124. The number of carbonyl (C=O) groups excluding carboxylic acids is 2. The minimum absolute atomic E-state index is 0.0282. The van der Waals surface area contributed by atoms with Gasteiger partial charge in [0.05, 0.1) is 11.1 Å². The second-order valence-electron chi connectivity index (χ2n) is 7.64. The molecule has 0 bridgehead atoms. The van der Waals surface area contributed by atoms with Crippen LogP contribution in [0.2, 0.25) is 0 Å². The van der Waals surface area contributed by atoms with E-state index in [-0.39, 0.29) is 17.2 Å². The number of nitrogens with zero attached hydrogens (tertiary/aromatic N) is 2. The first kappa shape index (κ1) is 22.0. The molecule has 0 spiro atoms. The van der Waals surface area contributed by atoms with Crippen LogP contribution in [0.3, 0.4) is 0 Å². The smallest absolute Gasteiger partial charge is 0.359 e. The number of rotatable bonds is 7. The van der Waals surface area contributed by atoms with Gasteiger partial charge in [-0.05, 0) is 29.7 Å². The van der Waals surface area contributed by atoms with E-state index >= 15 is 0 Å². The predicted molar refractivity (Wildman–Crippen MR) is 125 cm³/mol. The predicted octanol–water partition coefficient (Wildman–Crippen LogP) is 3.46. The van der Waals surface area contributed by atoms with Gasteiger partial charge in [-0.15, -0.1) is 0 Å². The molecule has 166 valence electrons. The van der Waals surface area contributed by atoms with Crippen molar-refractivity contribution in [2.75, 3.05) is 13.2 Å². The normalized spacial score (nSPS) is 11.7. The molecule has 4 rings (SSSR count). The first-order valence-electron chi connectivity index (χ1n) is 10.6. The molecule has 1 N–H and O–H groups in total. The first-order chi connectivity index (χ1) is 16.0. The zero-order valence-electron chi connectivity index (χ0n) is 18.1. The molecule has 1 aromatic heterocycles. The Kier molecular flexibility index (Phi) is 6.59. The van der Waals surface area contributed by atoms with Crippen LogP contribution in [0.15, 0.2) is 89.7 Å². The van der Waals surface area contributed by atoms with Crippen molar-refractivity contribution in [2.45, 2.75) is 12.8 Å². The highest BCUT2D eigenvalue weighted by Gasteiger charge is 2.20. The number of hydrogen-bond acceptors (Lipinski definition) is 5. The summed E-state index contributed by atoms with van der Waals surface area (Å²) < 4.78 is 6.41. The Labute approximate surface area is 190 Å². The van der Waals surface area contributed by atoms with Crippen molar-refractivity contribution >= 4 is 22.6 Å². The monoisotopic (exact) mass is 441 g/mol. The zero-order valence-corrected chi connectivity index (χ0v) is 18.1. The second kappa shape index (κ2) is 9.91. The fourth-order valence-electron chi connectivity index (χ4n) is 3.50. The third-order valence-corrected chi connectivity index (χ3v) is 5.31. The molecule has 0 fully saturated rings. The number of nitrogens with one attached hydrogen (secondary N) is 1. The number of aromatic nitrogens is 2. The van der Waals surface area contributed by atoms with Crippen molar-refractivity contribution in [3.8, 4) is 5.69 Å². The Morgan fingerprint density at radius 1 is 0.909 bits per heavy atom. The van der Waals surface area contributed by atoms with Gasteiger partial charge in [0.25, 0.3) is 11.5 Å². The molecular formula is C26H23N3O4. The molecule has 4 aromatic rings. The highest BCUT2D eigenvalue weighted by molar-refractivity contribution is 6.02. The van der Waals surface area contributed by atoms with Crippen molar-refractivity contribution in [2.24, 2.45) is 0 Å². The molecular weight excluding hydrogens is 418 g/mol. The van der Waals surface area contributed by atoms with Gasteiger partial charge in [-0.3, -0.25) is 9.59 Å². The van der Waals surface area contributed by atoms with Gasteiger partial charge >= 0.3 is 5.97 Å². The van der Waals surface area contributed by atoms with Gasteiger partial charge in [0, 0.05) is 11.9 Å². The van der Waals surface area contributed by atoms with Crippen molar-refractivity contribution in [3.63, 3.8) is 0 Å². The van der Waals surface area contributed by atoms with Gasteiger partial charge < -0.3 is 10.1 Å². The molecule has 1 amide bonds. The van der Waals surface area contributed by atoms with Crippen LogP contribution in [0.1, 0.15) is 28.9 Å². The van der Waals surface area contributed by atoms with E-state index in [1.807, 2.05) is 43.3 Å². The van der Waals surface area contributed by atoms with Gasteiger partial charge in [-0.25, -0.2) is 4.79 Å². The van der Waals surface area contributed by atoms with Crippen LogP contribution in [0.25, 0.3) is 16.5 Å². The number of benzene rings is 3. The average molecular weight is 441 g/mol. The van der Waals surface area contributed by atoms with Crippen LogP contribution in [-0.4, -0.2) is 34.8 Å². The third kappa shape index (κ3) is 4.98. The number of hydrogen-bond donors (Lipinski definition) is 1. The second-order valence-corrected chi connectivity index (χ2v) is 7.64. The average Bonchev–Trinajstić information content (AvgIpc) is 2.87. The van der Waals surface area contributed by atoms with Crippen molar-refractivity contribution in [3.05, 3.63) is 107 Å². The molecule has 0 aliphatic rings. The summed E-state index contributed by atoms with van der Waals surface area (Å²) in [5, 5.41) is 7.75. The van der Waals surface area contributed by atoms with Crippen LogP contribution >= 0.6 is 0 Å². The van der Waals surface area contributed by atoms with Gasteiger partial charge in [-0.2, -0.15) is 9.78 Å². The largest absolute Gasteiger partial charge is 0.451 e. The van der Waals surface area contributed by atoms with Crippen molar-refractivity contribution in [1.82, 2.24) is 15.1 Å². The van der Waals surface area contributed by atoms with Crippen LogP contribution in [0, 0.1) is 0 Å². The zero-order chi connectivity index (χ0) is 23.2. The molecule has 0 aliphatic heterocycles. The SMILES string of the molecule is CC(CNC(=O)COC(=O)c1nn(-c2ccccc2)c(=O)c2ccccc12)c1ccccc1. The highest BCUT2D eigenvalue weighted by atomic mass is 16.5. The van der Waals surface area contributed by atoms with E-state index in [1.165, 1.54) is 4.68 Å². The summed E-state index contributed by atoms with van der Waals surface area (Å²) in [6, 6.07) is 25.3. The number of para-hydroxylation sites is 1. The molecule has 0 radical (unpaired) electrons. The summed E-state index contributed by atoms with van der Waals surface area (Å²) in [7, 11) is 0. The number of ether oxygens (including phenoxy) is 1. The Bertz CT molecular complexity index is 1330. The van der Waals surface area contributed by atoms with E-state index in [1.54, 1.807) is 48.5 Å². The molecule has 7 nitrogen and oxygen atoms in total. The van der Waals surface area contributed by atoms with E-state index in [0.29, 0.717) is 23.0 Å². The molecule has 7 heteroatoms. The highest BCUT2D eigenvalue weighted by Crippen LogP contribution is 2.16. The summed E-state index contributed by atoms with van der Waals surface area (Å²) in [5.41, 5.74) is 1.25. The maximum Gasteiger partial charge on any atom is 0.359 e. The van der Waals surface area contributed by atoms with E-state index in [0.717, 1.165) is 5.56 Å². The number of fused-ring (bicyclic) bond motifs is 1. The van der Waals surface area contributed by atoms with Gasteiger partial charge in [-0.1, -0.05) is 73.7 Å². The molecule has 0 saturated carbocycles. The lowest BCUT2D eigenvalue weighted by atomic mass is 10.0. The topological polar surface area (TPSA) is 90.3 Å². The van der Waals surface area contributed by atoms with E-state index in [9.17, 15) is 14.4 Å². The summed E-state index contributed by atoms with van der Waals surface area (Å²) in [5.74, 6) is -1.07. The molecule has 1 unspecified atom stereocenters. The van der Waals surface area contributed by atoms with Gasteiger partial charge in [0.15, 0.2) is 12.3 Å². The molecule has 0 saturated heterocycles. The third-order valence-electron chi connectivity index (χ3n) is 5.31. The maximum absolute atomic E-state index is 12.9. The molecule has 1 heterocycles. The standard InChI is InChI=1S/C26H23N3O4/c1-18(19-10-4-2-5-11-19)16-27-23(30)17-33-26(32)24-21-14-8-9-15-22(21)25(31)29(28-24)20-12-6-3-7-13-20/h2-15,18H,16-17H2,1H3,(H,27,30).